The minimum Gasteiger partial charge on any atom is -0.476 e. The summed E-state index contributed by atoms with van der Waals surface area (Å²) >= 11 is 6.14. The van der Waals surface area contributed by atoms with Crippen LogP contribution in [0, 0.1) is 0 Å². The van der Waals surface area contributed by atoms with Crippen molar-refractivity contribution in [2.75, 3.05) is 26.2 Å². The van der Waals surface area contributed by atoms with E-state index >= 15 is 0 Å². The van der Waals surface area contributed by atoms with Gasteiger partial charge in [0.05, 0.1) is 11.1 Å². The molecule has 0 radical (unpaired) electrons. The van der Waals surface area contributed by atoms with Gasteiger partial charge in [-0.2, -0.15) is 0 Å². The molecular weight excluding hydrogens is 360 g/mol. The molecule has 0 unspecified atom stereocenters. The molecule has 0 bridgehead atoms. The summed E-state index contributed by atoms with van der Waals surface area (Å²) in [6.45, 7) is 3.71. The quantitative estimate of drug-likeness (QED) is 0.521. The maximum Gasteiger partial charge on any atom is 0.222 e. The number of fused-ring (bicyclic) bond motifs is 5. The number of halogens is 1. The van der Waals surface area contributed by atoms with Crippen LogP contribution in [0.15, 0.2) is 42.5 Å². The van der Waals surface area contributed by atoms with Crippen LogP contribution >= 0.6 is 11.6 Å². The number of nitrogens with zero attached hydrogens (tertiary/aromatic N) is 2. The molecule has 1 aromatic heterocycles. The van der Waals surface area contributed by atoms with Gasteiger partial charge in [0.25, 0.3) is 0 Å². The molecule has 1 fully saturated rings. The number of hydrogen-bond donors (Lipinski definition) is 0. The number of likely N-dealkylation sites (tertiary alicyclic amines) is 1. The van der Waals surface area contributed by atoms with Crippen molar-refractivity contribution in [1.82, 2.24) is 9.88 Å². The molecule has 2 heterocycles. The first-order valence-corrected chi connectivity index (χ1v) is 9.73. The fourth-order valence-corrected chi connectivity index (χ4v) is 4.29. The minimum absolute atomic E-state index is 0.00880. The molecule has 0 atom stereocenters. The molecule has 1 aliphatic carbocycles. The van der Waals surface area contributed by atoms with Gasteiger partial charge in [-0.25, -0.2) is 4.98 Å². The summed E-state index contributed by atoms with van der Waals surface area (Å²) in [5.74, 6) is 0.530. The second kappa shape index (κ2) is 6.63. The average molecular weight is 379 g/mol. The Morgan fingerprint density at radius 3 is 2.70 bits per heavy atom. The zero-order valence-electron chi connectivity index (χ0n) is 14.9. The number of carbonyl (C=O) groups excluding carboxylic acids is 1. The van der Waals surface area contributed by atoms with E-state index in [-0.39, 0.29) is 5.78 Å². The van der Waals surface area contributed by atoms with Crippen LogP contribution in [0.4, 0.5) is 0 Å². The number of rotatable bonds is 4. The van der Waals surface area contributed by atoms with Crippen molar-refractivity contribution >= 4 is 28.3 Å². The van der Waals surface area contributed by atoms with Gasteiger partial charge in [0.2, 0.25) is 5.88 Å². The fraction of sp³-hybridized carbons (Fsp3) is 0.273. The second-order valence-electron chi connectivity index (χ2n) is 7.10. The maximum absolute atomic E-state index is 13.1. The molecule has 1 saturated heterocycles. The van der Waals surface area contributed by atoms with E-state index in [9.17, 15) is 4.79 Å². The number of para-hydroxylation sites is 1. The molecule has 136 valence electrons. The fourth-order valence-electron chi connectivity index (χ4n) is 4.11. The zero-order valence-corrected chi connectivity index (χ0v) is 15.6. The number of ether oxygens (including phenoxy) is 1. The SMILES string of the molecule is O=C1c2cc(Cl)ccc2-c2c(OCCN3CCCC3)nc3ccccc3c21. The lowest BCUT2D eigenvalue weighted by Crippen LogP contribution is -2.25. The summed E-state index contributed by atoms with van der Waals surface area (Å²) in [7, 11) is 0. The summed E-state index contributed by atoms with van der Waals surface area (Å²) in [5.41, 5.74) is 3.73. The van der Waals surface area contributed by atoms with Gasteiger partial charge in [-0.15, -0.1) is 0 Å². The predicted octanol–water partition coefficient (Wildman–Crippen LogP) is 4.57. The van der Waals surface area contributed by atoms with Crippen LogP contribution < -0.4 is 4.74 Å². The van der Waals surface area contributed by atoms with Crippen molar-refractivity contribution in [3.63, 3.8) is 0 Å². The van der Waals surface area contributed by atoms with E-state index in [1.807, 2.05) is 36.4 Å². The van der Waals surface area contributed by atoms with Gasteiger partial charge in [0.1, 0.15) is 6.61 Å². The Morgan fingerprint density at radius 1 is 1.04 bits per heavy atom. The molecule has 5 rings (SSSR count). The number of carbonyl (C=O) groups is 1. The lowest BCUT2D eigenvalue weighted by molar-refractivity contribution is 0.104. The molecule has 4 nitrogen and oxygen atoms in total. The number of ketones is 1. The Bertz CT molecular complexity index is 1060. The van der Waals surface area contributed by atoms with Crippen LogP contribution in [0.5, 0.6) is 5.88 Å². The first kappa shape index (κ1) is 16.7. The van der Waals surface area contributed by atoms with Crippen LogP contribution in [-0.2, 0) is 0 Å². The highest BCUT2D eigenvalue weighted by Gasteiger charge is 2.33. The van der Waals surface area contributed by atoms with Crippen molar-refractivity contribution in [1.29, 1.82) is 0 Å². The van der Waals surface area contributed by atoms with E-state index < -0.39 is 0 Å². The highest BCUT2D eigenvalue weighted by molar-refractivity contribution is 6.33. The van der Waals surface area contributed by atoms with Gasteiger partial charge in [-0.05, 0) is 49.7 Å². The Kier molecular flexibility index (Phi) is 4.10. The topological polar surface area (TPSA) is 42.4 Å². The normalized spacial score (nSPS) is 16.0. The molecule has 0 saturated carbocycles. The van der Waals surface area contributed by atoms with Crippen LogP contribution in [-0.4, -0.2) is 41.9 Å². The molecule has 5 heteroatoms. The largest absolute Gasteiger partial charge is 0.476 e. The van der Waals surface area contributed by atoms with Crippen molar-refractivity contribution in [3.05, 3.63) is 58.6 Å². The molecule has 3 aromatic rings. The van der Waals surface area contributed by atoms with Crippen molar-refractivity contribution in [2.24, 2.45) is 0 Å². The zero-order chi connectivity index (χ0) is 18.4. The first-order chi connectivity index (χ1) is 13.2. The highest BCUT2D eigenvalue weighted by atomic mass is 35.5. The van der Waals surface area contributed by atoms with Crippen molar-refractivity contribution in [3.8, 4) is 17.0 Å². The van der Waals surface area contributed by atoms with Crippen LogP contribution in [0.3, 0.4) is 0 Å². The third-order valence-electron chi connectivity index (χ3n) is 5.43. The van der Waals surface area contributed by atoms with Gasteiger partial charge in [-0.3, -0.25) is 9.69 Å². The summed E-state index contributed by atoms with van der Waals surface area (Å²) < 4.78 is 6.12. The van der Waals surface area contributed by atoms with E-state index in [0.29, 0.717) is 28.6 Å². The number of benzene rings is 2. The number of hydrogen-bond acceptors (Lipinski definition) is 4. The molecule has 2 aliphatic rings. The highest BCUT2D eigenvalue weighted by Crippen LogP contribution is 2.45. The average Bonchev–Trinajstić information content (AvgIpc) is 3.29. The van der Waals surface area contributed by atoms with Gasteiger partial charge in [0, 0.05) is 28.1 Å². The monoisotopic (exact) mass is 378 g/mol. The van der Waals surface area contributed by atoms with E-state index in [2.05, 4.69) is 4.90 Å². The molecular formula is C22H19ClN2O2. The van der Waals surface area contributed by atoms with Gasteiger partial charge < -0.3 is 4.74 Å². The van der Waals surface area contributed by atoms with Gasteiger partial charge in [-0.1, -0.05) is 35.9 Å². The summed E-state index contributed by atoms with van der Waals surface area (Å²) in [4.78, 5) is 20.3. The van der Waals surface area contributed by atoms with E-state index in [1.165, 1.54) is 12.8 Å². The predicted molar refractivity (Wildman–Crippen MR) is 107 cm³/mol. The Balaban J connectivity index is 1.60. The third-order valence-corrected chi connectivity index (χ3v) is 5.66. The standard InChI is InChI=1S/C22H19ClN2O2/c23-14-7-8-15-17(13-14)21(26)19-16-5-1-2-6-18(16)24-22(20(15)19)27-12-11-25-9-3-4-10-25/h1-2,5-8,13H,3-4,9-12H2. The van der Waals surface area contributed by atoms with E-state index in [1.54, 1.807) is 6.07 Å². The summed E-state index contributed by atoms with van der Waals surface area (Å²) in [5, 5.41) is 1.42. The lowest BCUT2D eigenvalue weighted by Gasteiger charge is -2.16. The van der Waals surface area contributed by atoms with Crippen molar-refractivity contribution < 1.29 is 9.53 Å². The van der Waals surface area contributed by atoms with Crippen LogP contribution in [0.2, 0.25) is 5.02 Å². The molecule has 2 aromatic carbocycles. The third kappa shape index (κ3) is 2.80. The minimum atomic E-state index is -0.00880. The Morgan fingerprint density at radius 2 is 1.85 bits per heavy atom. The molecule has 0 spiro atoms. The molecule has 0 N–H and O–H groups in total. The van der Waals surface area contributed by atoms with Crippen LogP contribution in [0.1, 0.15) is 28.8 Å². The summed E-state index contributed by atoms with van der Waals surface area (Å²) in [6, 6.07) is 13.2. The second-order valence-corrected chi connectivity index (χ2v) is 7.54. The van der Waals surface area contributed by atoms with Gasteiger partial charge >= 0.3 is 0 Å². The smallest absolute Gasteiger partial charge is 0.222 e. The Labute approximate surface area is 162 Å². The first-order valence-electron chi connectivity index (χ1n) is 9.35. The Hall–Kier alpha value is -2.43. The van der Waals surface area contributed by atoms with Crippen molar-refractivity contribution in [2.45, 2.75) is 12.8 Å². The lowest BCUT2D eigenvalue weighted by atomic mass is 10.0. The van der Waals surface area contributed by atoms with Crippen LogP contribution in [0.25, 0.3) is 22.0 Å². The maximum atomic E-state index is 13.1. The summed E-state index contributed by atoms with van der Waals surface area (Å²) in [6.07, 6.45) is 2.51. The number of pyridine rings is 1. The molecule has 27 heavy (non-hydrogen) atoms. The van der Waals surface area contributed by atoms with E-state index in [4.69, 9.17) is 21.3 Å². The molecule has 1 aliphatic heterocycles. The number of aromatic nitrogens is 1. The molecule has 0 amide bonds. The van der Waals surface area contributed by atoms with E-state index in [0.717, 1.165) is 41.7 Å². The van der Waals surface area contributed by atoms with Gasteiger partial charge in [0.15, 0.2) is 5.78 Å².